The van der Waals surface area contributed by atoms with Gasteiger partial charge >= 0.3 is 0 Å². The zero-order valence-electron chi connectivity index (χ0n) is 14.8. The lowest BCUT2D eigenvalue weighted by atomic mass is 10.1. The maximum Gasteiger partial charge on any atom is 0.259 e. The van der Waals surface area contributed by atoms with Crippen molar-refractivity contribution in [3.63, 3.8) is 0 Å². The highest BCUT2D eigenvalue weighted by Crippen LogP contribution is 2.15. The van der Waals surface area contributed by atoms with Crippen molar-refractivity contribution in [2.45, 2.75) is 27.2 Å². The van der Waals surface area contributed by atoms with E-state index in [0.717, 1.165) is 10.1 Å². The number of rotatable bonds is 5. The van der Waals surface area contributed by atoms with E-state index in [0.29, 0.717) is 6.42 Å². The van der Waals surface area contributed by atoms with Gasteiger partial charge in [-0.15, -0.1) is 4.52 Å². The average Bonchev–Trinajstić information content (AvgIpc) is 3.10. The van der Waals surface area contributed by atoms with Crippen LogP contribution in [0.1, 0.15) is 31.9 Å². The van der Waals surface area contributed by atoms with Crippen LogP contribution in [0, 0.1) is 0 Å². The largest absolute Gasteiger partial charge is 0.493 e. The predicted octanol–water partition coefficient (Wildman–Crippen LogP) is 1.46. The molecule has 0 atom stereocenters. The molecule has 2 heterocycles. The summed E-state index contributed by atoms with van der Waals surface area (Å²) in [4.78, 5) is 16.7. The van der Waals surface area contributed by atoms with Crippen molar-refractivity contribution < 1.29 is 5.11 Å². The third-order valence-electron chi connectivity index (χ3n) is 4.00. The van der Waals surface area contributed by atoms with Crippen LogP contribution >= 0.6 is 0 Å². The molecular weight excluding hydrogens is 320 g/mol. The van der Waals surface area contributed by atoms with Crippen molar-refractivity contribution in [2.24, 2.45) is 0 Å². The summed E-state index contributed by atoms with van der Waals surface area (Å²) in [7, 11) is 0. The van der Waals surface area contributed by atoms with Gasteiger partial charge < -0.3 is 10.0 Å². The molecule has 0 aliphatic heterocycles. The van der Waals surface area contributed by atoms with Crippen molar-refractivity contribution in [1.29, 1.82) is 0 Å². The Hall–Kier alpha value is -2.74. The van der Waals surface area contributed by atoms with E-state index in [9.17, 15) is 9.90 Å². The maximum atomic E-state index is 11.8. The molecule has 134 valence electrons. The lowest BCUT2D eigenvalue weighted by Gasteiger charge is -2.13. The van der Waals surface area contributed by atoms with Crippen LogP contribution in [0.5, 0.6) is 5.88 Å². The number of H-pyrrole nitrogens is 1. The zero-order chi connectivity index (χ0) is 18.2. The summed E-state index contributed by atoms with van der Waals surface area (Å²) in [5.74, 6) is -0.114. The monoisotopic (exact) mass is 344 g/mol. The minimum Gasteiger partial charge on any atom is -0.493 e. The molecule has 1 aromatic carbocycles. The van der Waals surface area contributed by atoms with Crippen LogP contribution in [0.4, 0.5) is 0 Å². The molecule has 0 bridgehead atoms. The van der Waals surface area contributed by atoms with Crippen LogP contribution in [-0.4, -0.2) is 54.7 Å². The number of hydrogen-bond acceptors (Lipinski definition) is 6. The minimum atomic E-state index is -0.390. The predicted molar refractivity (Wildman–Crippen MR) is 95.8 cm³/mol. The van der Waals surface area contributed by atoms with Crippen LogP contribution < -0.4 is 5.56 Å². The molecule has 0 amide bonds. The summed E-state index contributed by atoms with van der Waals surface area (Å²) in [6, 6.07) is 9.38. The quantitative estimate of drug-likeness (QED) is 0.727. The topological polar surface area (TPSA) is 99.4 Å². The number of tetrazole rings is 1. The first-order chi connectivity index (χ1) is 12.1. The molecule has 0 unspecified atom stereocenters. The number of aromatic hydroxyl groups is 1. The molecule has 0 fully saturated rings. The van der Waals surface area contributed by atoms with Gasteiger partial charge in [-0.3, -0.25) is 9.78 Å². The van der Waals surface area contributed by atoms with E-state index in [1.807, 2.05) is 30.3 Å². The highest BCUT2D eigenvalue weighted by molar-refractivity contribution is 5.37. The molecule has 8 nitrogen and oxygen atoms in total. The van der Waals surface area contributed by atoms with Crippen LogP contribution in [0.3, 0.4) is 0 Å². The molecular formula is C17H24N6O2. The van der Waals surface area contributed by atoms with Crippen molar-refractivity contribution in [2.75, 3.05) is 19.6 Å². The first-order valence-corrected chi connectivity index (χ1v) is 8.39. The Bertz CT molecular complexity index is 834. The van der Waals surface area contributed by atoms with Gasteiger partial charge in [-0.2, -0.15) is 0 Å². The molecule has 3 aromatic rings. The van der Waals surface area contributed by atoms with E-state index in [4.69, 9.17) is 0 Å². The van der Waals surface area contributed by atoms with Gasteiger partial charge in [0, 0.05) is 6.42 Å². The van der Waals surface area contributed by atoms with Gasteiger partial charge in [0.05, 0.1) is 5.56 Å². The van der Waals surface area contributed by atoms with Crippen molar-refractivity contribution >= 4 is 5.78 Å². The highest BCUT2D eigenvalue weighted by Gasteiger charge is 2.14. The summed E-state index contributed by atoms with van der Waals surface area (Å²) in [6.45, 7) is 10.1. The number of aromatic nitrogens is 5. The minimum absolute atomic E-state index is 0.120. The van der Waals surface area contributed by atoms with E-state index in [2.05, 4.69) is 46.2 Å². The van der Waals surface area contributed by atoms with Crippen LogP contribution in [0.25, 0.3) is 5.78 Å². The van der Waals surface area contributed by atoms with E-state index < -0.39 is 5.56 Å². The normalized spacial score (nSPS) is 10.7. The SMILES string of the molecule is CCN(CC)CC.O=c1[nH]c2nnnn2c(O)c1Cc1ccccc1. The van der Waals surface area contributed by atoms with Gasteiger partial charge in [0.2, 0.25) is 5.88 Å². The van der Waals surface area contributed by atoms with E-state index in [1.54, 1.807) is 0 Å². The molecule has 2 N–H and O–H groups in total. The smallest absolute Gasteiger partial charge is 0.259 e. The van der Waals surface area contributed by atoms with Crippen molar-refractivity contribution in [3.8, 4) is 5.88 Å². The fraction of sp³-hybridized carbons (Fsp3) is 0.412. The number of nitrogens with one attached hydrogen (secondary N) is 1. The molecule has 8 heteroatoms. The molecule has 0 saturated carbocycles. The molecule has 3 rings (SSSR count). The van der Waals surface area contributed by atoms with Gasteiger partial charge in [-0.25, -0.2) is 0 Å². The van der Waals surface area contributed by atoms with E-state index in [-0.39, 0.29) is 17.2 Å². The second-order valence-electron chi connectivity index (χ2n) is 5.45. The van der Waals surface area contributed by atoms with Gasteiger partial charge in [-0.05, 0) is 35.6 Å². The summed E-state index contributed by atoms with van der Waals surface area (Å²) < 4.78 is 1.10. The van der Waals surface area contributed by atoms with Gasteiger partial charge in [0.1, 0.15) is 0 Å². The van der Waals surface area contributed by atoms with Gasteiger partial charge in [0.15, 0.2) is 0 Å². The highest BCUT2D eigenvalue weighted by atomic mass is 16.3. The number of fused-ring (bicyclic) bond motifs is 1. The Balaban J connectivity index is 0.000000277. The number of hydrogen-bond donors (Lipinski definition) is 2. The molecule has 0 spiro atoms. The Morgan fingerprint density at radius 1 is 1.12 bits per heavy atom. The number of benzene rings is 1. The van der Waals surface area contributed by atoms with Crippen LogP contribution in [0.15, 0.2) is 35.1 Å². The Morgan fingerprint density at radius 3 is 2.32 bits per heavy atom. The first kappa shape index (κ1) is 18.6. The average molecular weight is 344 g/mol. The Labute approximate surface area is 146 Å². The molecule has 0 radical (unpaired) electrons. The third-order valence-corrected chi connectivity index (χ3v) is 4.00. The third kappa shape index (κ3) is 4.63. The summed E-state index contributed by atoms with van der Waals surface area (Å²) >= 11 is 0. The second kappa shape index (κ2) is 8.93. The molecule has 25 heavy (non-hydrogen) atoms. The molecule has 2 aromatic heterocycles. The Morgan fingerprint density at radius 2 is 1.76 bits per heavy atom. The lowest BCUT2D eigenvalue weighted by Crippen LogP contribution is -2.21. The fourth-order valence-corrected chi connectivity index (χ4v) is 2.44. The van der Waals surface area contributed by atoms with Crippen molar-refractivity contribution in [1.82, 2.24) is 29.9 Å². The summed E-state index contributed by atoms with van der Waals surface area (Å²) in [5, 5.41) is 20.5. The van der Waals surface area contributed by atoms with E-state index >= 15 is 0 Å². The number of nitrogens with zero attached hydrogens (tertiary/aromatic N) is 5. The summed E-state index contributed by atoms with van der Waals surface area (Å²) in [6.07, 6.45) is 0.317. The van der Waals surface area contributed by atoms with Crippen LogP contribution in [-0.2, 0) is 6.42 Å². The van der Waals surface area contributed by atoms with Crippen LogP contribution in [0.2, 0.25) is 0 Å². The summed E-state index contributed by atoms with van der Waals surface area (Å²) in [5.41, 5.74) is 0.769. The molecule has 0 saturated heterocycles. The number of aromatic amines is 1. The lowest BCUT2D eigenvalue weighted by molar-refractivity contribution is 0.321. The maximum absolute atomic E-state index is 11.8. The van der Waals surface area contributed by atoms with E-state index in [1.165, 1.54) is 19.6 Å². The standard InChI is InChI=1S/C11H9N5O2.C6H15N/c17-9-8(6-7-4-2-1-3-5-7)10(18)16-11(12-9)13-14-15-16;1-4-7(5-2)6-3/h1-5,18H,6H2,(H,12,13,15,17);4-6H2,1-3H3. The second-order valence-corrected chi connectivity index (χ2v) is 5.45. The molecule has 0 aliphatic carbocycles. The molecule has 0 aliphatic rings. The zero-order valence-corrected chi connectivity index (χ0v) is 14.8. The Kier molecular flexibility index (Phi) is 6.64. The fourth-order valence-electron chi connectivity index (χ4n) is 2.44. The van der Waals surface area contributed by atoms with Gasteiger partial charge in [-0.1, -0.05) is 56.2 Å². The van der Waals surface area contributed by atoms with Crippen molar-refractivity contribution in [3.05, 3.63) is 51.8 Å². The first-order valence-electron chi connectivity index (χ1n) is 8.39. The van der Waals surface area contributed by atoms with Gasteiger partial charge in [0.25, 0.3) is 11.3 Å².